The number of fused-ring (bicyclic) bond motifs is 1. The third-order valence-corrected chi connectivity index (χ3v) is 4.45. The highest BCUT2D eigenvalue weighted by Gasteiger charge is 2.09. The SMILES string of the molecule is CCC(N)Cc1nc(-c2cccc3ccccc23)cs1. The fourth-order valence-corrected chi connectivity index (χ4v) is 3.23. The van der Waals surface area contributed by atoms with Crippen molar-refractivity contribution in [3.8, 4) is 11.3 Å². The number of hydrogen-bond donors (Lipinski definition) is 1. The molecule has 1 aromatic heterocycles. The summed E-state index contributed by atoms with van der Waals surface area (Å²) in [6.45, 7) is 2.11. The van der Waals surface area contributed by atoms with E-state index in [0.29, 0.717) is 0 Å². The Hall–Kier alpha value is -1.71. The molecule has 0 aliphatic carbocycles. The summed E-state index contributed by atoms with van der Waals surface area (Å²) in [6, 6.07) is 15.0. The van der Waals surface area contributed by atoms with Gasteiger partial charge in [0.15, 0.2) is 0 Å². The van der Waals surface area contributed by atoms with Gasteiger partial charge in [-0.1, -0.05) is 49.4 Å². The largest absolute Gasteiger partial charge is 0.327 e. The Morgan fingerprint density at radius 2 is 1.95 bits per heavy atom. The van der Waals surface area contributed by atoms with Crippen molar-refractivity contribution in [3.05, 3.63) is 52.9 Å². The molecule has 2 N–H and O–H groups in total. The number of nitrogens with zero attached hydrogens (tertiary/aromatic N) is 1. The van der Waals surface area contributed by atoms with Crippen molar-refractivity contribution in [2.24, 2.45) is 5.73 Å². The highest BCUT2D eigenvalue weighted by Crippen LogP contribution is 2.29. The molecule has 0 aliphatic rings. The summed E-state index contributed by atoms with van der Waals surface area (Å²) in [5.74, 6) is 0. The van der Waals surface area contributed by atoms with E-state index < -0.39 is 0 Å². The number of hydrogen-bond acceptors (Lipinski definition) is 3. The minimum atomic E-state index is 0.210. The van der Waals surface area contributed by atoms with E-state index in [0.717, 1.165) is 23.5 Å². The first-order valence-corrected chi connectivity index (χ1v) is 7.84. The third-order valence-electron chi connectivity index (χ3n) is 3.58. The van der Waals surface area contributed by atoms with Gasteiger partial charge in [-0.05, 0) is 17.2 Å². The van der Waals surface area contributed by atoms with E-state index in [1.165, 1.54) is 16.3 Å². The normalized spacial score (nSPS) is 12.7. The smallest absolute Gasteiger partial charge is 0.0948 e. The lowest BCUT2D eigenvalue weighted by molar-refractivity contribution is 0.644. The van der Waals surface area contributed by atoms with Crippen LogP contribution in [-0.4, -0.2) is 11.0 Å². The van der Waals surface area contributed by atoms with Gasteiger partial charge in [0.2, 0.25) is 0 Å². The Morgan fingerprint density at radius 1 is 1.15 bits per heavy atom. The maximum atomic E-state index is 6.01. The Bertz CT molecular complexity index is 712. The Morgan fingerprint density at radius 3 is 2.80 bits per heavy atom. The minimum absolute atomic E-state index is 0.210. The van der Waals surface area contributed by atoms with Gasteiger partial charge in [0.25, 0.3) is 0 Å². The lowest BCUT2D eigenvalue weighted by Crippen LogP contribution is -2.21. The summed E-state index contributed by atoms with van der Waals surface area (Å²) in [4.78, 5) is 4.76. The maximum absolute atomic E-state index is 6.01. The van der Waals surface area contributed by atoms with Gasteiger partial charge in [-0.3, -0.25) is 0 Å². The second-order valence-corrected chi connectivity index (χ2v) is 5.97. The molecule has 0 bridgehead atoms. The molecule has 0 amide bonds. The van der Waals surface area contributed by atoms with Crippen molar-refractivity contribution in [2.75, 3.05) is 0 Å². The lowest BCUT2D eigenvalue weighted by atomic mass is 10.0. The summed E-state index contributed by atoms with van der Waals surface area (Å²) < 4.78 is 0. The summed E-state index contributed by atoms with van der Waals surface area (Å²) >= 11 is 1.71. The maximum Gasteiger partial charge on any atom is 0.0948 e. The Balaban J connectivity index is 1.99. The molecule has 3 aromatic rings. The first-order valence-electron chi connectivity index (χ1n) is 6.96. The van der Waals surface area contributed by atoms with Crippen LogP contribution in [-0.2, 0) is 6.42 Å². The molecule has 0 saturated carbocycles. The topological polar surface area (TPSA) is 38.9 Å². The van der Waals surface area contributed by atoms with Crippen LogP contribution in [0.2, 0.25) is 0 Å². The number of benzene rings is 2. The van der Waals surface area contributed by atoms with Crippen molar-refractivity contribution in [1.29, 1.82) is 0 Å². The molecule has 0 spiro atoms. The van der Waals surface area contributed by atoms with Gasteiger partial charge in [-0.15, -0.1) is 11.3 Å². The molecule has 2 nitrogen and oxygen atoms in total. The van der Waals surface area contributed by atoms with Crippen molar-refractivity contribution in [1.82, 2.24) is 4.98 Å². The number of aromatic nitrogens is 1. The van der Waals surface area contributed by atoms with Crippen LogP contribution in [0.1, 0.15) is 18.4 Å². The lowest BCUT2D eigenvalue weighted by Gasteiger charge is -2.05. The van der Waals surface area contributed by atoms with E-state index in [1.807, 2.05) is 0 Å². The molecule has 1 unspecified atom stereocenters. The van der Waals surface area contributed by atoms with Crippen LogP contribution < -0.4 is 5.73 Å². The third kappa shape index (κ3) is 2.60. The zero-order chi connectivity index (χ0) is 13.9. The fraction of sp³-hybridized carbons (Fsp3) is 0.235. The van der Waals surface area contributed by atoms with Gasteiger partial charge in [0, 0.05) is 23.4 Å². The minimum Gasteiger partial charge on any atom is -0.327 e. The summed E-state index contributed by atoms with van der Waals surface area (Å²) in [6.07, 6.45) is 1.86. The molecule has 0 fully saturated rings. The molecule has 2 aromatic carbocycles. The second-order valence-electron chi connectivity index (χ2n) is 5.03. The molecular formula is C17H18N2S. The van der Waals surface area contributed by atoms with Gasteiger partial charge in [-0.25, -0.2) is 4.98 Å². The molecule has 0 saturated heterocycles. The van der Waals surface area contributed by atoms with Gasteiger partial charge < -0.3 is 5.73 Å². The zero-order valence-corrected chi connectivity index (χ0v) is 12.4. The molecule has 3 rings (SSSR count). The molecule has 0 aliphatic heterocycles. The van der Waals surface area contributed by atoms with E-state index in [-0.39, 0.29) is 6.04 Å². The number of rotatable bonds is 4. The van der Waals surface area contributed by atoms with Gasteiger partial charge in [0.05, 0.1) is 10.7 Å². The van der Waals surface area contributed by atoms with Gasteiger partial charge in [-0.2, -0.15) is 0 Å². The predicted octanol–water partition coefficient (Wildman–Crippen LogP) is 4.24. The second kappa shape index (κ2) is 5.73. The van der Waals surface area contributed by atoms with E-state index in [1.54, 1.807) is 11.3 Å². The van der Waals surface area contributed by atoms with E-state index in [4.69, 9.17) is 10.7 Å². The molecule has 20 heavy (non-hydrogen) atoms. The molecular weight excluding hydrogens is 264 g/mol. The predicted molar refractivity (Wildman–Crippen MR) is 87.0 cm³/mol. The van der Waals surface area contributed by atoms with Crippen LogP contribution >= 0.6 is 11.3 Å². The molecule has 1 atom stereocenters. The van der Waals surface area contributed by atoms with Crippen LogP contribution in [0.25, 0.3) is 22.0 Å². The summed E-state index contributed by atoms with van der Waals surface area (Å²) in [5, 5.41) is 5.78. The van der Waals surface area contributed by atoms with Gasteiger partial charge in [0.1, 0.15) is 0 Å². The first kappa shape index (κ1) is 13.3. The van der Waals surface area contributed by atoms with E-state index in [2.05, 4.69) is 54.8 Å². The Labute approximate surface area is 123 Å². The van der Waals surface area contributed by atoms with Gasteiger partial charge >= 0.3 is 0 Å². The van der Waals surface area contributed by atoms with Crippen LogP contribution in [0.3, 0.4) is 0 Å². The highest BCUT2D eigenvalue weighted by molar-refractivity contribution is 7.10. The zero-order valence-electron chi connectivity index (χ0n) is 11.5. The van der Waals surface area contributed by atoms with Crippen LogP contribution in [0.5, 0.6) is 0 Å². The average Bonchev–Trinajstić information content (AvgIpc) is 2.94. The number of thiazole rings is 1. The average molecular weight is 282 g/mol. The quantitative estimate of drug-likeness (QED) is 0.777. The monoisotopic (exact) mass is 282 g/mol. The first-order chi connectivity index (χ1) is 9.78. The van der Waals surface area contributed by atoms with Crippen LogP contribution in [0.15, 0.2) is 47.8 Å². The van der Waals surface area contributed by atoms with Crippen LogP contribution in [0.4, 0.5) is 0 Å². The van der Waals surface area contributed by atoms with Crippen molar-refractivity contribution < 1.29 is 0 Å². The van der Waals surface area contributed by atoms with Crippen molar-refractivity contribution >= 4 is 22.1 Å². The molecule has 3 heteroatoms. The summed E-state index contributed by atoms with van der Waals surface area (Å²) in [5.41, 5.74) is 8.27. The fourth-order valence-electron chi connectivity index (χ4n) is 2.35. The van der Waals surface area contributed by atoms with Crippen molar-refractivity contribution in [3.63, 3.8) is 0 Å². The Kier molecular flexibility index (Phi) is 3.81. The molecule has 0 radical (unpaired) electrons. The van der Waals surface area contributed by atoms with E-state index in [9.17, 15) is 0 Å². The summed E-state index contributed by atoms with van der Waals surface area (Å²) in [7, 11) is 0. The molecule has 102 valence electrons. The molecule has 1 heterocycles. The highest BCUT2D eigenvalue weighted by atomic mass is 32.1. The van der Waals surface area contributed by atoms with Crippen molar-refractivity contribution in [2.45, 2.75) is 25.8 Å². The van der Waals surface area contributed by atoms with E-state index >= 15 is 0 Å². The standard InChI is InChI=1S/C17H18N2S/c1-2-13(18)10-17-19-16(11-20-17)15-9-5-7-12-6-3-4-8-14(12)15/h3-9,11,13H,2,10,18H2,1H3. The van der Waals surface area contributed by atoms with Crippen LogP contribution in [0, 0.1) is 0 Å². The number of nitrogens with two attached hydrogens (primary N) is 1.